The molecule has 0 atom stereocenters. The predicted molar refractivity (Wildman–Crippen MR) is 52.2 cm³/mol. The Morgan fingerprint density at radius 3 is 2.27 bits per heavy atom. The number of allylic oxidation sites excluding steroid dienone is 1. The van der Waals surface area contributed by atoms with Crippen LogP contribution in [-0.4, -0.2) is 11.5 Å². The van der Waals surface area contributed by atoms with E-state index < -0.39 is 0 Å². The monoisotopic (exact) mass is 180 g/mol. The molecule has 0 N–H and O–H groups in total. The van der Waals surface area contributed by atoms with Crippen LogP contribution in [0.25, 0.3) is 0 Å². The molecule has 0 nitrogen and oxygen atoms in total. The predicted octanol–water partition coefficient (Wildman–Crippen LogP) is 0.316. The van der Waals surface area contributed by atoms with Crippen LogP contribution in [0.15, 0.2) is 11.6 Å². The first kappa shape index (κ1) is 11.9. The SMILES string of the molecule is CC(C)=C[C-]1SCCCS1.[Li+]. The third-order valence-electron chi connectivity index (χ3n) is 1.18. The number of hydrogen-bond acceptors (Lipinski definition) is 2. The van der Waals surface area contributed by atoms with E-state index in [-0.39, 0.29) is 18.9 Å². The second kappa shape index (κ2) is 6.43. The van der Waals surface area contributed by atoms with Gasteiger partial charge in [-0.2, -0.15) is 0 Å². The van der Waals surface area contributed by atoms with Crippen LogP contribution in [0.1, 0.15) is 20.3 Å². The normalized spacial score (nSPS) is 17.1. The van der Waals surface area contributed by atoms with Gasteiger partial charge in [-0.3, -0.25) is 0 Å². The van der Waals surface area contributed by atoms with Gasteiger partial charge in [0.25, 0.3) is 0 Å². The van der Waals surface area contributed by atoms with Crippen molar-refractivity contribution in [2.24, 2.45) is 0 Å². The molecule has 0 aliphatic carbocycles. The van der Waals surface area contributed by atoms with Gasteiger partial charge in [-0.25, -0.2) is 35.2 Å². The van der Waals surface area contributed by atoms with E-state index in [0.717, 1.165) is 0 Å². The molecule has 0 spiro atoms. The van der Waals surface area contributed by atoms with Crippen molar-refractivity contribution < 1.29 is 18.9 Å². The zero-order valence-corrected chi connectivity index (χ0v) is 9.15. The molecule has 11 heavy (non-hydrogen) atoms. The fourth-order valence-corrected chi connectivity index (χ4v) is 3.40. The minimum absolute atomic E-state index is 0. The summed E-state index contributed by atoms with van der Waals surface area (Å²) in [5.41, 5.74) is 1.41. The summed E-state index contributed by atoms with van der Waals surface area (Å²) in [6.45, 7) is 4.31. The molecule has 1 rings (SSSR count). The first-order valence-corrected chi connectivity index (χ1v) is 5.53. The van der Waals surface area contributed by atoms with Gasteiger partial charge in [-0.15, -0.1) is 18.4 Å². The van der Waals surface area contributed by atoms with Crippen LogP contribution in [0.3, 0.4) is 0 Å². The van der Waals surface area contributed by atoms with Crippen LogP contribution < -0.4 is 18.9 Å². The molecule has 58 valence electrons. The zero-order valence-electron chi connectivity index (χ0n) is 7.52. The zero-order chi connectivity index (χ0) is 7.40. The fourth-order valence-electron chi connectivity index (χ4n) is 0.765. The average molecular weight is 180 g/mol. The standard InChI is InChI=1S/C8H13S2.Li/c1-7(2)6-8-9-4-3-5-10-8;/h6H,3-5H2,1-2H3;/q-1;+1. The van der Waals surface area contributed by atoms with Crippen molar-refractivity contribution >= 4 is 23.5 Å². The van der Waals surface area contributed by atoms with Gasteiger partial charge in [0.2, 0.25) is 0 Å². The third kappa shape index (κ3) is 5.19. The van der Waals surface area contributed by atoms with E-state index in [1.54, 1.807) is 0 Å². The largest absolute Gasteiger partial charge is 1.00 e. The molecule has 1 aliphatic rings. The first-order chi connectivity index (χ1) is 4.79. The molecule has 1 aliphatic heterocycles. The quantitative estimate of drug-likeness (QED) is 0.421. The average Bonchev–Trinajstić information content (AvgIpc) is 1.88. The molecule has 0 aromatic rings. The van der Waals surface area contributed by atoms with Crippen molar-refractivity contribution in [2.75, 3.05) is 11.5 Å². The van der Waals surface area contributed by atoms with Crippen molar-refractivity contribution in [1.29, 1.82) is 0 Å². The van der Waals surface area contributed by atoms with Crippen molar-refractivity contribution in [3.63, 3.8) is 0 Å². The van der Waals surface area contributed by atoms with Gasteiger partial charge in [0.1, 0.15) is 0 Å². The third-order valence-corrected chi connectivity index (χ3v) is 3.68. The Bertz CT molecular complexity index is 124. The van der Waals surface area contributed by atoms with E-state index in [9.17, 15) is 0 Å². The molecule has 0 unspecified atom stereocenters. The maximum atomic E-state index is 2.29. The second-order valence-corrected chi connectivity index (χ2v) is 5.12. The summed E-state index contributed by atoms with van der Waals surface area (Å²) in [4.78, 5) is 0. The fraction of sp³-hybridized carbons (Fsp3) is 0.625. The Balaban J connectivity index is 0.000001000. The molecular weight excluding hydrogens is 167 g/mol. The number of hydrogen-bond donors (Lipinski definition) is 0. The number of rotatable bonds is 1. The Morgan fingerprint density at radius 1 is 1.27 bits per heavy atom. The molecule has 1 saturated heterocycles. The van der Waals surface area contributed by atoms with E-state index in [2.05, 4.69) is 19.9 Å². The summed E-state index contributed by atoms with van der Waals surface area (Å²) in [7, 11) is 0. The summed E-state index contributed by atoms with van der Waals surface area (Å²) in [6, 6.07) is 0. The smallest absolute Gasteiger partial charge is 0.221 e. The minimum Gasteiger partial charge on any atom is -0.221 e. The molecule has 0 bridgehead atoms. The van der Waals surface area contributed by atoms with Gasteiger partial charge in [-0.1, -0.05) is 0 Å². The van der Waals surface area contributed by atoms with Gasteiger partial charge < -0.3 is 0 Å². The van der Waals surface area contributed by atoms with Gasteiger partial charge in [0, 0.05) is 0 Å². The van der Waals surface area contributed by atoms with Crippen LogP contribution in [0.2, 0.25) is 0 Å². The Labute approximate surface area is 90.1 Å². The molecule has 3 heteroatoms. The second-order valence-electron chi connectivity index (χ2n) is 2.59. The van der Waals surface area contributed by atoms with Crippen molar-refractivity contribution in [1.82, 2.24) is 0 Å². The van der Waals surface area contributed by atoms with E-state index in [1.165, 1.54) is 28.1 Å². The summed E-state index contributed by atoms with van der Waals surface area (Å²) in [5.74, 6) is 2.62. The van der Waals surface area contributed by atoms with Crippen molar-refractivity contribution in [2.45, 2.75) is 20.3 Å². The molecule has 1 heterocycles. The molecule has 1 fully saturated rings. The van der Waals surface area contributed by atoms with Crippen LogP contribution in [0.4, 0.5) is 0 Å². The molecule has 0 aromatic heterocycles. The van der Waals surface area contributed by atoms with Crippen molar-refractivity contribution in [3.05, 3.63) is 16.2 Å². The van der Waals surface area contributed by atoms with E-state index in [0.29, 0.717) is 0 Å². The van der Waals surface area contributed by atoms with Crippen LogP contribution in [0.5, 0.6) is 0 Å². The summed E-state index contributed by atoms with van der Waals surface area (Å²) < 4.78 is 1.51. The van der Waals surface area contributed by atoms with Crippen molar-refractivity contribution in [3.8, 4) is 0 Å². The molecule has 0 aromatic carbocycles. The van der Waals surface area contributed by atoms with Crippen LogP contribution >= 0.6 is 23.5 Å². The van der Waals surface area contributed by atoms with E-state index in [1.807, 2.05) is 23.5 Å². The van der Waals surface area contributed by atoms with E-state index >= 15 is 0 Å². The number of thioether (sulfide) groups is 2. The van der Waals surface area contributed by atoms with Gasteiger partial charge in [0.05, 0.1) is 0 Å². The molecule has 0 saturated carbocycles. The maximum Gasteiger partial charge on any atom is 1.00 e. The minimum atomic E-state index is 0. The molecular formula is C8H13LiS2. The van der Waals surface area contributed by atoms with E-state index in [4.69, 9.17) is 0 Å². The Kier molecular flexibility index (Phi) is 6.96. The van der Waals surface area contributed by atoms with Gasteiger partial charge >= 0.3 is 18.9 Å². The maximum absolute atomic E-state index is 2.29. The summed E-state index contributed by atoms with van der Waals surface area (Å²) in [6.07, 6.45) is 3.66. The summed E-state index contributed by atoms with van der Waals surface area (Å²) in [5, 5.41) is 0. The van der Waals surface area contributed by atoms with Crippen LogP contribution in [0, 0.1) is 4.58 Å². The summed E-state index contributed by atoms with van der Waals surface area (Å²) >= 11 is 3.99. The topological polar surface area (TPSA) is 0 Å². The molecule has 0 radical (unpaired) electrons. The Hall–Kier alpha value is 0.907. The first-order valence-electron chi connectivity index (χ1n) is 3.56. The van der Waals surface area contributed by atoms with Gasteiger partial charge in [0.15, 0.2) is 0 Å². The van der Waals surface area contributed by atoms with Gasteiger partial charge in [-0.05, 0) is 17.9 Å². The van der Waals surface area contributed by atoms with Crippen LogP contribution in [-0.2, 0) is 0 Å². The molecule has 0 amide bonds. The Morgan fingerprint density at radius 2 is 1.82 bits per heavy atom.